The summed E-state index contributed by atoms with van der Waals surface area (Å²) in [6, 6.07) is 15.2. The Balaban J connectivity index is 2.11. The fourth-order valence-corrected chi connectivity index (χ4v) is 1.96. The molecule has 21 heavy (non-hydrogen) atoms. The topological polar surface area (TPSA) is 49.3 Å². The van der Waals surface area contributed by atoms with Gasteiger partial charge < -0.3 is 10.4 Å². The van der Waals surface area contributed by atoms with Crippen LogP contribution in [-0.4, -0.2) is 17.6 Å². The molecule has 0 unspecified atom stereocenters. The van der Waals surface area contributed by atoms with Crippen molar-refractivity contribution in [3.05, 3.63) is 70.8 Å². The highest BCUT2D eigenvalue weighted by Gasteiger charge is 2.09. The van der Waals surface area contributed by atoms with Gasteiger partial charge in [-0.2, -0.15) is 0 Å². The van der Waals surface area contributed by atoms with Crippen LogP contribution in [0.1, 0.15) is 27.0 Å². The second kappa shape index (κ2) is 7.28. The number of rotatable bonds is 3. The van der Waals surface area contributed by atoms with Crippen LogP contribution >= 0.6 is 0 Å². The largest absolute Gasteiger partial charge is 0.384 e. The van der Waals surface area contributed by atoms with Crippen molar-refractivity contribution in [2.45, 2.75) is 13.5 Å². The molecule has 0 bridgehead atoms. The Bertz CT molecular complexity index is 681. The van der Waals surface area contributed by atoms with Crippen LogP contribution in [0.15, 0.2) is 48.5 Å². The summed E-state index contributed by atoms with van der Waals surface area (Å²) in [5, 5.41) is 11.6. The third-order valence-electron chi connectivity index (χ3n) is 3.09. The van der Waals surface area contributed by atoms with Crippen molar-refractivity contribution in [2.75, 3.05) is 6.61 Å². The third kappa shape index (κ3) is 4.20. The molecule has 2 aromatic carbocycles. The standard InChI is InChI=1S/C18H17NO2/c1-14-9-10-15(8-5-11-20)12-17(14)18(21)19-13-16-6-3-2-4-7-16/h2-4,6-7,9-10,12,20H,11,13H2,1H3,(H,19,21). The van der Waals surface area contributed by atoms with Gasteiger partial charge in [-0.15, -0.1) is 0 Å². The van der Waals surface area contributed by atoms with Crippen molar-refractivity contribution in [2.24, 2.45) is 0 Å². The minimum atomic E-state index is -0.191. The maximum Gasteiger partial charge on any atom is 0.251 e. The van der Waals surface area contributed by atoms with E-state index in [1.165, 1.54) is 0 Å². The number of hydrogen-bond acceptors (Lipinski definition) is 2. The molecule has 106 valence electrons. The maximum atomic E-state index is 12.3. The van der Waals surface area contributed by atoms with Crippen LogP contribution in [0.25, 0.3) is 0 Å². The van der Waals surface area contributed by atoms with Gasteiger partial charge in [0.15, 0.2) is 0 Å². The fraction of sp³-hybridized carbons (Fsp3) is 0.167. The van der Waals surface area contributed by atoms with Crippen molar-refractivity contribution >= 4 is 5.91 Å². The minimum Gasteiger partial charge on any atom is -0.384 e. The van der Waals surface area contributed by atoms with E-state index in [1.54, 1.807) is 6.07 Å². The lowest BCUT2D eigenvalue weighted by molar-refractivity contribution is 0.0950. The summed E-state index contributed by atoms with van der Waals surface area (Å²) in [5.74, 6) is 5.27. The highest BCUT2D eigenvalue weighted by molar-refractivity contribution is 5.95. The lowest BCUT2D eigenvalue weighted by Gasteiger charge is -2.08. The predicted octanol–water partition coefficient (Wildman–Crippen LogP) is 2.27. The zero-order chi connectivity index (χ0) is 15.1. The van der Waals surface area contributed by atoms with Crippen molar-refractivity contribution < 1.29 is 9.90 Å². The number of aliphatic hydroxyl groups is 1. The highest BCUT2D eigenvalue weighted by atomic mass is 16.2. The molecule has 2 N–H and O–H groups in total. The van der Waals surface area contributed by atoms with Gasteiger partial charge >= 0.3 is 0 Å². The molecular formula is C18H17NO2. The summed E-state index contributed by atoms with van der Waals surface area (Å²) in [6.45, 7) is 2.19. The molecule has 2 aromatic rings. The van der Waals surface area contributed by atoms with Gasteiger partial charge in [-0.1, -0.05) is 48.2 Å². The monoisotopic (exact) mass is 279 g/mol. The molecule has 3 nitrogen and oxygen atoms in total. The van der Waals surface area contributed by atoms with E-state index >= 15 is 0 Å². The quantitative estimate of drug-likeness (QED) is 0.847. The SMILES string of the molecule is Cc1ccc(C#CCO)cc1C(=O)NCc1ccccc1. The molecule has 0 fully saturated rings. The second-order valence-corrected chi connectivity index (χ2v) is 4.66. The van der Waals surface area contributed by atoms with Crippen molar-refractivity contribution in [1.82, 2.24) is 5.32 Å². The number of aryl methyl sites for hydroxylation is 1. The highest BCUT2D eigenvalue weighted by Crippen LogP contribution is 2.11. The van der Waals surface area contributed by atoms with E-state index in [1.807, 2.05) is 49.4 Å². The van der Waals surface area contributed by atoms with E-state index in [0.717, 1.165) is 16.7 Å². The van der Waals surface area contributed by atoms with Crippen molar-refractivity contribution in [3.63, 3.8) is 0 Å². The molecule has 0 saturated heterocycles. The van der Waals surface area contributed by atoms with Crippen LogP contribution in [0, 0.1) is 18.8 Å². The summed E-state index contributed by atoms with van der Waals surface area (Å²) < 4.78 is 0. The number of nitrogens with one attached hydrogen (secondary N) is 1. The fourth-order valence-electron chi connectivity index (χ4n) is 1.96. The molecule has 0 aliphatic rings. The van der Waals surface area contributed by atoms with Gasteiger partial charge in [0.25, 0.3) is 5.91 Å². The zero-order valence-electron chi connectivity index (χ0n) is 11.9. The van der Waals surface area contributed by atoms with E-state index in [4.69, 9.17) is 5.11 Å². The Labute approximate surface area is 124 Å². The molecule has 0 aliphatic carbocycles. The molecule has 0 spiro atoms. The Kier molecular flexibility index (Phi) is 5.14. The Hall–Kier alpha value is -2.57. The smallest absolute Gasteiger partial charge is 0.251 e. The van der Waals surface area contributed by atoms with Gasteiger partial charge in [0.1, 0.15) is 6.61 Å². The van der Waals surface area contributed by atoms with Gasteiger partial charge in [0, 0.05) is 17.7 Å². The van der Waals surface area contributed by atoms with Gasteiger partial charge in [0.2, 0.25) is 0 Å². The third-order valence-corrected chi connectivity index (χ3v) is 3.09. The van der Waals surface area contributed by atoms with E-state index in [0.29, 0.717) is 12.1 Å². The Morgan fingerprint density at radius 2 is 1.95 bits per heavy atom. The van der Waals surface area contributed by atoms with Gasteiger partial charge in [-0.3, -0.25) is 4.79 Å². The van der Waals surface area contributed by atoms with Crippen LogP contribution in [0.2, 0.25) is 0 Å². The minimum absolute atomic E-state index is 0.121. The van der Waals surface area contributed by atoms with Crippen LogP contribution < -0.4 is 5.32 Å². The summed E-state index contributed by atoms with van der Waals surface area (Å²) in [4.78, 5) is 12.3. The Morgan fingerprint density at radius 3 is 2.67 bits per heavy atom. The first-order valence-electron chi connectivity index (χ1n) is 6.73. The maximum absolute atomic E-state index is 12.3. The number of amides is 1. The molecule has 1 amide bonds. The Morgan fingerprint density at radius 1 is 1.19 bits per heavy atom. The lowest BCUT2D eigenvalue weighted by atomic mass is 10.0. The van der Waals surface area contributed by atoms with Gasteiger partial charge in [-0.05, 0) is 30.2 Å². The normalized spacial score (nSPS) is 9.62. The molecule has 3 heteroatoms. The van der Waals surface area contributed by atoms with Crippen LogP contribution in [-0.2, 0) is 6.54 Å². The van der Waals surface area contributed by atoms with E-state index in [-0.39, 0.29) is 12.5 Å². The first-order valence-corrected chi connectivity index (χ1v) is 6.73. The molecule has 0 radical (unpaired) electrons. The summed E-state index contributed by atoms with van der Waals surface area (Å²) in [5.41, 5.74) is 3.28. The first kappa shape index (κ1) is 14.8. The van der Waals surface area contributed by atoms with E-state index < -0.39 is 0 Å². The number of hydrogen-bond donors (Lipinski definition) is 2. The van der Waals surface area contributed by atoms with Gasteiger partial charge in [0.05, 0.1) is 0 Å². The molecule has 0 aromatic heterocycles. The zero-order valence-corrected chi connectivity index (χ0v) is 11.9. The predicted molar refractivity (Wildman–Crippen MR) is 82.8 cm³/mol. The summed E-state index contributed by atoms with van der Waals surface area (Å²) in [6.07, 6.45) is 0. The average molecular weight is 279 g/mol. The van der Waals surface area contributed by atoms with Crippen LogP contribution in [0.5, 0.6) is 0 Å². The first-order chi connectivity index (χ1) is 10.2. The average Bonchev–Trinajstić information content (AvgIpc) is 2.53. The number of benzene rings is 2. The van der Waals surface area contributed by atoms with Crippen LogP contribution in [0.3, 0.4) is 0 Å². The number of carbonyl (C=O) groups is 1. The van der Waals surface area contributed by atoms with Crippen molar-refractivity contribution in [3.8, 4) is 11.8 Å². The second-order valence-electron chi connectivity index (χ2n) is 4.66. The van der Waals surface area contributed by atoms with E-state index in [2.05, 4.69) is 17.2 Å². The number of aliphatic hydroxyl groups excluding tert-OH is 1. The van der Waals surface area contributed by atoms with Gasteiger partial charge in [-0.25, -0.2) is 0 Å². The molecule has 2 rings (SSSR count). The molecule has 0 saturated carbocycles. The van der Waals surface area contributed by atoms with E-state index in [9.17, 15) is 4.79 Å². The number of carbonyl (C=O) groups excluding carboxylic acids is 1. The summed E-state index contributed by atoms with van der Waals surface area (Å²) >= 11 is 0. The molecule has 0 aliphatic heterocycles. The van der Waals surface area contributed by atoms with Crippen LogP contribution in [0.4, 0.5) is 0 Å². The molecular weight excluding hydrogens is 262 g/mol. The lowest BCUT2D eigenvalue weighted by Crippen LogP contribution is -2.23. The molecule has 0 atom stereocenters. The summed E-state index contributed by atoms with van der Waals surface area (Å²) in [7, 11) is 0. The van der Waals surface area contributed by atoms with Crippen molar-refractivity contribution in [1.29, 1.82) is 0 Å². The molecule has 0 heterocycles.